The van der Waals surface area contributed by atoms with Crippen molar-refractivity contribution in [3.8, 4) is 0 Å². The average molecular weight is 221 g/mol. The number of fused-ring (bicyclic) bond motifs is 1. The van der Waals surface area contributed by atoms with Gasteiger partial charge < -0.3 is 0 Å². The summed E-state index contributed by atoms with van der Waals surface area (Å²) in [4.78, 5) is 6.93. The molecule has 0 spiro atoms. The first kappa shape index (κ1) is 9.87. The highest BCUT2D eigenvalue weighted by molar-refractivity contribution is 7.99. The largest absolute Gasteiger partial charge is 0.256 e. The molecule has 0 saturated carbocycles. The van der Waals surface area contributed by atoms with Crippen molar-refractivity contribution in [2.45, 2.75) is 9.79 Å². The molecule has 0 aliphatic carbocycles. The zero-order valence-corrected chi connectivity index (χ0v) is 9.78. The number of hydrogen-bond donors (Lipinski definition) is 0. The van der Waals surface area contributed by atoms with E-state index in [2.05, 4.69) is 41.8 Å². The lowest BCUT2D eigenvalue weighted by Gasteiger charge is -2.04. The number of aromatic nitrogens is 1. The van der Waals surface area contributed by atoms with Crippen LogP contribution in [0.3, 0.4) is 0 Å². The van der Waals surface area contributed by atoms with Crippen molar-refractivity contribution in [3.05, 3.63) is 30.5 Å². The van der Waals surface area contributed by atoms with E-state index in [1.807, 2.05) is 6.20 Å². The quantitative estimate of drug-likeness (QED) is 0.718. The monoisotopic (exact) mass is 221 g/mol. The summed E-state index contributed by atoms with van der Waals surface area (Å²) in [5, 5.41) is 1.26. The molecule has 1 nitrogen and oxygen atoms in total. The predicted molar refractivity (Wildman–Crippen MR) is 65.3 cm³/mol. The molecule has 0 bridgehead atoms. The van der Waals surface area contributed by atoms with E-state index < -0.39 is 0 Å². The Bertz CT molecular complexity index is 454. The van der Waals surface area contributed by atoms with Crippen LogP contribution in [0.25, 0.3) is 10.9 Å². The van der Waals surface area contributed by atoms with Gasteiger partial charge in [0.1, 0.15) is 0 Å². The molecule has 3 heteroatoms. The minimum Gasteiger partial charge on any atom is -0.256 e. The molecule has 2 rings (SSSR count). The maximum absolute atomic E-state index is 4.34. The van der Waals surface area contributed by atoms with Gasteiger partial charge in [0.15, 0.2) is 0 Å². The molecule has 0 aliphatic heterocycles. The molecular weight excluding hydrogens is 210 g/mol. The minimum absolute atomic E-state index is 1.08. The van der Waals surface area contributed by atoms with Gasteiger partial charge in [0.2, 0.25) is 0 Å². The van der Waals surface area contributed by atoms with Gasteiger partial charge in [-0.1, -0.05) is 0 Å². The van der Waals surface area contributed by atoms with Crippen molar-refractivity contribution in [2.24, 2.45) is 0 Å². The van der Waals surface area contributed by atoms with Gasteiger partial charge >= 0.3 is 0 Å². The number of nitrogens with zero attached hydrogens (tertiary/aromatic N) is 1. The first-order valence-corrected chi connectivity index (χ1v) is 6.77. The molecule has 0 N–H and O–H groups in total. The summed E-state index contributed by atoms with van der Waals surface area (Å²) in [5.74, 6) is 0. The maximum Gasteiger partial charge on any atom is 0.0714 e. The highest BCUT2D eigenvalue weighted by Gasteiger charge is 2.01. The van der Waals surface area contributed by atoms with Crippen molar-refractivity contribution >= 4 is 34.4 Å². The fraction of sp³-hybridized carbons (Fsp3) is 0.182. The van der Waals surface area contributed by atoms with Crippen LogP contribution in [0.1, 0.15) is 0 Å². The van der Waals surface area contributed by atoms with Crippen molar-refractivity contribution in [2.75, 3.05) is 12.5 Å². The zero-order chi connectivity index (χ0) is 9.97. The van der Waals surface area contributed by atoms with Crippen molar-refractivity contribution in [1.82, 2.24) is 4.98 Å². The van der Waals surface area contributed by atoms with E-state index in [0.717, 1.165) is 5.52 Å². The summed E-state index contributed by atoms with van der Waals surface area (Å²) in [5.41, 5.74) is 1.08. The van der Waals surface area contributed by atoms with E-state index in [0.29, 0.717) is 0 Å². The second kappa shape index (κ2) is 4.24. The summed E-state index contributed by atoms with van der Waals surface area (Å²) in [6, 6.07) is 8.47. The third-order valence-corrected chi connectivity index (χ3v) is 3.65. The predicted octanol–water partition coefficient (Wildman–Crippen LogP) is 3.68. The summed E-state index contributed by atoms with van der Waals surface area (Å²) < 4.78 is 0. The van der Waals surface area contributed by atoms with Gasteiger partial charge in [-0.25, -0.2) is 0 Å². The molecule has 0 aliphatic rings. The number of hydrogen-bond acceptors (Lipinski definition) is 3. The Morgan fingerprint density at radius 1 is 1.07 bits per heavy atom. The van der Waals surface area contributed by atoms with Crippen LogP contribution in [0.2, 0.25) is 0 Å². The maximum atomic E-state index is 4.34. The first-order valence-electron chi connectivity index (χ1n) is 4.32. The molecule has 1 heterocycles. The third-order valence-electron chi connectivity index (χ3n) is 2.13. The van der Waals surface area contributed by atoms with E-state index in [1.54, 1.807) is 23.5 Å². The van der Waals surface area contributed by atoms with Gasteiger partial charge in [0, 0.05) is 21.4 Å². The second-order valence-corrected chi connectivity index (χ2v) is 4.62. The summed E-state index contributed by atoms with van der Waals surface area (Å²) in [6.07, 6.45) is 6.06. The minimum atomic E-state index is 1.08. The van der Waals surface area contributed by atoms with Crippen LogP contribution in [0.15, 0.2) is 40.3 Å². The van der Waals surface area contributed by atoms with Crippen molar-refractivity contribution < 1.29 is 0 Å². The summed E-state index contributed by atoms with van der Waals surface area (Å²) >= 11 is 3.53. The lowest BCUT2D eigenvalue weighted by Crippen LogP contribution is -1.81. The summed E-state index contributed by atoms with van der Waals surface area (Å²) in [6.45, 7) is 0. The topological polar surface area (TPSA) is 12.9 Å². The van der Waals surface area contributed by atoms with Crippen LogP contribution in [-0.4, -0.2) is 17.5 Å². The molecule has 0 fully saturated rings. The summed E-state index contributed by atoms with van der Waals surface area (Å²) in [7, 11) is 0. The Labute approximate surface area is 92.3 Å². The number of pyridine rings is 1. The molecule has 0 amide bonds. The highest BCUT2D eigenvalue weighted by atomic mass is 32.2. The van der Waals surface area contributed by atoms with Crippen LogP contribution in [-0.2, 0) is 0 Å². The van der Waals surface area contributed by atoms with Crippen LogP contribution >= 0.6 is 23.5 Å². The number of benzene rings is 1. The normalized spacial score (nSPS) is 10.7. The molecule has 1 aromatic carbocycles. The van der Waals surface area contributed by atoms with Gasteiger partial charge in [0.25, 0.3) is 0 Å². The Hall–Kier alpha value is -0.670. The van der Waals surface area contributed by atoms with Gasteiger partial charge in [-0.05, 0) is 36.8 Å². The van der Waals surface area contributed by atoms with E-state index in [-0.39, 0.29) is 0 Å². The van der Waals surface area contributed by atoms with Crippen molar-refractivity contribution in [3.63, 3.8) is 0 Å². The molecule has 0 unspecified atom stereocenters. The Morgan fingerprint density at radius 2 is 1.93 bits per heavy atom. The van der Waals surface area contributed by atoms with E-state index in [1.165, 1.54) is 15.2 Å². The molecule has 14 heavy (non-hydrogen) atoms. The van der Waals surface area contributed by atoms with Gasteiger partial charge in [-0.3, -0.25) is 4.98 Å². The fourth-order valence-electron chi connectivity index (χ4n) is 1.41. The van der Waals surface area contributed by atoms with E-state index in [9.17, 15) is 0 Å². The van der Waals surface area contributed by atoms with E-state index in [4.69, 9.17) is 0 Å². The molecule has 0 atom stereocenters. The lowest BCUT2D eigenvalue weighted by molar-refractivity contribution is 1.33. The Morgan fingerprint density at radius 3 is 2.64 bits per heavy atom. The standard InChI is InChI=1S/C11H11NS2/c1-13-8-3-4-10-9(7-8)11(14-2)5-6-12-10/h3-7H,1-2H3. The number of thioether (sulfide) groups is 2. The third kappa shape index (κ3) is 1.74. The average Bonchev–Trinajstić information content (AvgIpc) is 2.27. The van der Waals surface area contributed by atoms with Crippen LogP contribution < -0.4 is 0 Å². The molecule has 2 aromatic rings. The zero-order valence-electron chi connectivity index (χ0n) is 8.15. The smallest absolute Gasteiger partial charge is 0.0714 e. The molecule has 0 saturated heterocycles. The molecular formula is C11H11NS2. The lowest BCUT2D eigenvalue weighted by atomic mass is 10.2. The molecule has 0 radical (unpaired) electrons. The molecule has 1 aromatic heterocycles. The van der Waals surface area contributed by atoms with Gasteiger partial charge in [-0.2, -0.15) is 0 Å². The molecule has 72 valence electrons. The highest BCUT2D eigenvalue weighted by Crippen LogP contribution is 2.28. The van der Waals surface area contributed by atoms with Crippen LogP contribution in [0.4, 0.5) is 0 Å². The van der Waals surface area contributed by atoms with E-state index >= 15 is 0 Å². The Balaban J connectivity index is 2.70. The fourth-order valence-corrected chi connectivity index (χ4v) is 2.43. The van der Waals surface area contributed by atoms with Crippen molar-refractivity contribution in [1.29, 1.82) is 0 Å². The SMILES string of the molecule is CSc1ccc2nccc(SC)c2c1. The number of rotatable bonds is 2. The van der Waals surface area contributed by atoms with Gasteiger partial charge in [-0.15, -0.1) is 23.5 Å². The van der Waals surface area contributed by atoms with Crippen LogP contribution in [0.5, 0.6) is 0 Å². The van der Waals surface area contributed by atoms with Gasteiger partial charge in [0.05, 0.1) is 5.52 Å². The second-order valence-electron chi connectivity index (χ2n) is 2.90. The Kier molecular flexibility index (Phi) is 2.99. The van der Waals surface area contributed by atoms with Crippen LogP contribution in [0, 0.1) is 0 Å². The first-order chi connectivity index (χ1) is 6.85.